The van der Waals surface area contributed by atoms with Gasteiger partial charge in [0, 0.05) is 12.2 Å². The van der Waals surface area contributed by atoms with Crippen LogP contribution in [0.3, 0.4) is 0 Å². The minimum Gasteiger partial charge on any atom is -0.486 e. The molecule has 0 atom stereocenters. The number of nitrogens with two attached hydrogens (primary N) is 1. The van der Waals surface area contributed by atoms with Gasteiger partial charge in [-0.1, -0.05) is 18.5 Å². The van der Waals surface area contributed by atoms with Gasteiger partial charge in [0.15, 0.2) is 0 Å². The van der Waals surface area contributed by atoms with E-state index in [2.05, 4.69) is 25.0 Å². The highest BCUT2D eigenvalue weighted by atomic mass is 35.5. The lowest BCUT2D eigenvalue weighted by Crippen LogP contribution is -2.06. The molecule has 0 fully saturated rings. The molecule has 1 heterocycles. The number of halogens is 1. The molecule has 5 heteroatoms. The zero-order chi connectivity index (χ0) is 13.8. The molecule has 0 saturated heterocycles. The van der Waals surface area contributed by atoms with Crippen LogP contribution in [-0.2, 0) is 19.6 Å². The minimum atomic E-state index is 0.449. The number of anilines is 1. The maximum Gasteiger partial charge on any atom is 0.138 e. The third kappa shape index (κ3) is 3.20. The van der Waals surface area contributed by atoms with Gasteiger partial charge in [-0.05, 0) is 37.6 Å². The Hall–Kier alpha value is -1.68. The van der Waals surface area contributed by atoms with Crippen LogP contribution in [0.15, 0.2) is 24.3 Å². The highest BCUT2D eigenvalue weighted by molar-refractivity contribution is 6.32. The van der Waals surface area contributed by atoms with Crippen molar-refractivity contribution in [3.8, 4) is 5.75 Å². The van der Waals surface area contributed by atoms with E-state index in [0.717, 1.165) is 24.4 Å². The average Bonchev–Trinajstić information content (AvgIpc) is 2.80. The largest absolute Gasteiger partial charge is 0.486 e. The molecule has 0 bridgehead atoms. The summed E-state index contributed by atoms with van der Waals surface area (Å²) < 4.78 is 7.68. The van der Waals surface area contributed by atoms with Crippen LogP contribution in [0.1, 0.15) is 25.2 Å². The van der Waals surface area contributed by atoms with E-state index in [1.165, 1.54) is 0 Å². The summed E-state index contributed by atoms with van der Waals surface area (Å²) in [4.78, 5) is 0. The summed E-state index contributed by atoms with van der Waals surface area (Å²) in [6.07, 6.45) is 0.919. The topological polar surface area (TPSA) is 53.1 Å². The molecule has 0 radical (unpaired) electrons. The van der Waals surface area contributed by atoms with Gasteiger partial charge in [0.05, 0.1) is 16.4 Å². The predicted octanol–water partition coefficient (Wildman–Crippen LogP) is 3.28. The molecule has 2 aromatic rings. The Bertz CT molecular complexity index is 566. The lowest BCUT2D eigenvalue weighted by Gasteiger charge is -2.09. The molecule has 0 saturated carbocycles. The fourth-order valence-electron chi connectivity index (χ4n) is 1.86. The summed E-state index contributed by atoms with van der Waals surface area (Å²) in [5.74, 6) is 0.637. The van der Waals surface area contributed by atoms with Gasteiger partial charge in [0.1, 0.15) is 12.4 Å². The number of benzene rings is 1. The van der Waals surface area contributed by atoms with E-state index in [-0.39, 0.29) is 0 Å². The molecule has 2 N–H and O–H groups in total. The molecule has 4 nitrogen and oxygen atoms in total. The van der Waals surface area contributed by atoms with Crippen LogP contribution in [-0.4, -0.2) is 9.78 Å². The van der Waals surface area contributed by atoms with Gasteiger partial charge in [-0.2, -0.15) is 5.10 Å². The number of rotatable bonds is 5. The van der Waals surface area contributed by atoms with Gasteiger partial charge in [0.25, 0.3) is 0 Å². The Balaban J connectivity index is 2.11. The van der Waals surface area contributed by atoms with Crippen LogP contribution in [0.4, 0.5) is 5.69 Å². The average molecular weight is 280 g/mol. The normalized spacial score (nSPS) is 10.7. The highest BCUT2D eigenvalue weighted by Crippen LogP contribution is 2.27. The summed E-state index contributed by atoms with van der Waals surface area (Å²) in [5, 5.41) is 5.01. The molecule has 1 aromatic carbocycles. The van der Waals surface area contributed by atoms with Crippen LogP contribution in [0.2, 0.25) is 5.02 Å². The van der Waals surface area contributed by atoms with Crippen LogP contribution in [0.25, 0.3) is 0 Å². The Morgan fingerprint density at radius 1 is 1.32 bits per heavy atom. The zero-order valence-corrected chi connectivity index (χ0v) is 11.9. The number of ether oxygens (including phenoxy) is 1. The number of aryl methyl sites for hydroxylation is 2. The summed E-state index contributed by atoms with van der Waals surface area (Å²) in [5.41, 5.74) is 8.40. The van der Waals surface area contributed by atoms with Crippen molar-refractivity contribution in [3.63, 3.8) is 0 Å². The molecule has 102 valence electrons. The van der Waals surface area contributed by atoms with Crippen molar-refractivity contribution in [1.82, 2.24) is 9.78 Å². The quantitative estimate of drug-likeness (QED) is 0.855. The molecule has 0 aliphatic carbocycles. The Morgan fingerprint density at radius 3 is 2.74 bits per heavy atom. The summed E-state index contributed by atoms with van der Waals surface area (Å²) in [7, 11) is 0. The van der Waals surface area contributed by atoms with Crippen molar-refractivity contribution < 1.29 is 4.74 Å². The van der Waals surface area contributed by atoms with Crippen LogP contribution in [0.5, 0.6) is 5.75 Å². The molecule has 0 aliphatic rings. The van der Waals surface area contributed by atoms with E-state index in [0.29, 0.717) is 23.1 Å². The first-order valence-corrected chi connectivity index (χ1v) is 6.75. The van der Waals surface area contributed by atoms with Crippen LogP contribution < -0.4 is 10.5 Å². The first-order valence-electron chi connectivity index (χ1n) is 6.37. The smallest absolute Gasteiger partial charge is 0.138 e. The van der Waals surface area contributed by atoms with Crippen LogP contribution >= 0.6 is 11.6 Å². The second kappa shape index (κ2) is 5.97. The lowest BCUT2D eigenvalue weighted by molar-refractivity contribution is 0.292. The molecular weight excluding hydrogens is 262 g/mol. The standard InChI is InChI=1S/C14H18ClN3O/c1-3-11-8-12(18(4-2)17-11)9-19-14-6-5-10(16)7-13(14)15/h5-8H,3-4,9,16H2,1-2H3. The number of hydrogen-bond acceptors (Lipinski definition) is 3. The van der Waals surface area contributed by atoms with E-state index in [1.54, 1.807) is 18.2 Å². The Labute approximate surface area is 118 Å². The van der Waals surface area contributed by atoms with Crippen molar-refractivity contribution in [2.75, 3.05) is 5.73 Å². The lowest BCUT2D eigenvalue weighted by atomic mass is 10.3. The first-order chi connectivity index (χ1) is 9.13. The summed E-state index contributed by atoms with van der Waals surface area (Å²) in [6.45, 7) is 5.43. The van der Waals surface area contributed by atoms with Crippen molar-refractivity contribution in [3.05, 3.63) is 40.7 Å². The molecule has 1 aromatic heterocycles. The van der Waals surface area contributed by atoms with Gasteiger partial charge in [-0.15, -0.1) is 0 Å². The minimum absolute atomic E-state index is 0.449. The molecule has 19 heavy (non-hydrogen) atoms. The SMILES string of the molecule is CCc1cc(COc2ccc(N)cc2Cl)n(CC)n1. The molecular formula is C14H18ClN3O. The van der Waals surface area contributed by atoms with Gasteiger partial charge in [-0.25, -0.2) is 0 Å². The molecule has 2 rings (SSSR count). The van der Waals surface area contributed by atoms with E-state index in [4.69, 9.17) is 22.1 Å². The highest BCUT2D eigenvalue weighted by Gasteiger charge is 2.08. The molecule has 0 amide bonds. The summed E-state index contributed by atoms with van der Waals surface area (Å²) >= 11 is 6.07. The zero-order valence-electron chi connectivity index (χ0n) is 11.2. The first kappa shape index (κ1) is 13.7. The monoisotopic (exact) mass is 279 g/mol. The maximum absolute atomic E-state index is 6.07. The van der Waals surface area contributed by atoms with Gasteiger partial charge < -0.3 is 10.5 Å². The van der Waals surface area contributed by atoms with Crippen molar-refractivity contribution in [2.24, 2.45) is 0 Å². The third-order valence-corrected chi connectivity index (χ3v) is 3.20. The summed E-state index contributed by atoms with van der Waals surface area (Å²) in [6, 6.07) is 7.31. The second-order valence-electron chi connectivity index (χ2n) is 4.27. The van der Waals surface area contributed by atoms with Gasteiger partial charge >= 0.3 is 0 Å². The third-order valence-electron chi connectivity index (χ3n) is 2.91. The van der Waals surface area contributed by atoms with Crippen molar-refractivity contribution in [1.29, 1.82) is 0 Å². The fraction of sp³-hybridized carbons (Fsp3) is 0.357. The number of nitrogens with zero attached hydrogens (tertiary/aromatic N) is 2. The molecule has 0 aliphatic heterocycles. The van der Waals surface area contributed by atoms with E-state index < -0.39 is 0 Å². The van der Waals surface area contributed by atoms with Gasteiger partial charge in [-0.3, -0.25) is 4.68 Å². The maximum atomic E-state index is 6.07. The number of hydrogen-bond donors (Lipinski definition) is 1. The second-order valence-corrected chi connectivity index (χ2v) is 4.68. The predicted molar refractivity (Wildman–Crippen MR) is 77.5 cm³/mol. The van der Waals surface area contributed by atoms with Crippen LogP contribution in [0, 0.1) is 0 Å². The van der Waals surface area contributed by atoms with E-state index in [9.17, 15) is 0 Å². The van der Waals surface area contributed by atoms with Crippen molar-refractivity contribution in [2.45, 2.75) is 33.4 Å². The molecule has 0 unspecified atom stereocenters. The fourth-order valence-corrected chi connectivity index (χ4v) is 2.11. The Kier molecular flexibility index (Phi) is 4.32. The van der Waals surface area contributed by atoms with Gasteiger partial charge in [0.2, 0.25) is 0 Å². The molecule has 0 spiro atoms. The van der Waals surface area contributed by atoms with E-state index in [1.807, 2.05) is 4.68 Å². The number of nitrogen functional groups attached to an aromatic ring is 1. The van der Waals surface area contributed by atoms with E-state index >= 15 is 0 Å². The number of aromatic nitrogens is 2. The Morgan fingerprint density at radius 2 is 2.11 bits per heavy atom. The van der Waals surface area contributed by atoms with Crippen molar-refractivity contribution >= 4 is 17.3 Å².